The van der Waals surface area contributed by atoms with Gasteiger partial charge in [-0.2, -0.15) is 0 Å². The molecule has 0 radical (unpaired) electrons. The molecule has 5 nitrogen and oxygen atoms in total. The Morgan fingerprint density at radius 1 is 1.40 bits per heavy atom. The van der Waals surface area contributed by atoms with E-state index < -0.39 is 0 Å². The Balaban J connectivity index is 1.78. The quantitative estimate of drug-likeness (QED) is 0.846. The van der Waals surface area contributed by atoms with Gasteiger partial charge in [-0.25, -0.2) is 0 Å². The van der Waals surface area contributed by atoms with Gasteiger partial charge in [0.25, 0.3) is 0 Å². The largest absolute Gasteiger partial charge is 0.493 e. The Bertz CT molecular complexity index is 412. The van der Waals surface area contributed by atoms with Gasteiger partial charge in [0.05, 0.1) is 19.8 Å². The first-order valence-electron chi connectivity index (χ1n) is 7.06. The summed E-state index contributed by atoms with van der Waals surface area (Å²) >= 11 is 0. The molecular weight excluding hydrogens is 256 g/mol. The van der Waals surface area contributed by atoms with Crippen LogP contribution in [0.5, 0.6) is 11.5 Å². The normalized spacial score (nSPS) is 21.4. The molecule has 1 fully saturated rings. The molecule has 2 atom stereocenters. The highest BCUT2D eigenvalue weighted by molar-refractivity contribution is 5.39. The van der Waals surface area contributed by atoms with Crippen LogP contribution >= 0.6 is 0 Å². The zero-order chi connectivity index (χ0) is 14.4. The van der Waals surface area contributed by atoms with Crippen molar-refractivity contribution >= 4 is 0 Å². The molecule has 2 unspecified atom stereocenters. The minimum atomic E-state index is 0.0629. The summed E-state index contributed by atoms with van der Waals surface area (Å²) in [6.07, 6.45) is 0.120. The number of rotatable bonds is 6. The van der Waals surface area contributed by atoms with Crippen molar-refractivity contribution in [1.29, 1.82) is 0 Å². The summed E-state index contributed by atoms with van der Waals surface area (Å²) in [5.41, 5.74) is 5.89. The molecule has 1 heterocycles. The molecule has 0 amide bonds. The number of hydrogen-bond acceptors (Lipinski definition) is 5. The molecule has 0 spiro atoms. The van der Waals surface area contributed by atoms with Gasteiger partial charge < -0.3 is 19.9 Å². The van der Waals surface area contributed by atoms with Gasteiger partial charge in [0.2, 0.25) is 0 Å². The van der Waals surface area contributed by atoms with Crippen LogP contribution in [0.4, 0.5) is 0 Å². The Kier molecular flexibility index (Phi) is 5.64. The Morgan fingerprint density at radius 2 is 2.15 bits per heavy atom. The number of nitrogens with two attached hydrogens (primary N) is 1. The van der Waals surface area contributed by atoms with E-state index in [2.05, 4.69) is 4.90 Å². The SMILES string of the molecule is COc1ccccc1OCCN1CCOC(C(C)N)C1. The van der Waals surface area contributed by atoms with Crippen LogP contribution in [0.15, 0.2) is 24.3 Å². The van der Waals surface area contributed by atoms with Crippen LogP contribution in [0, 0.1) is 0 Å². The standard InChI is InChI=1S/C15H24N2O3/c1-12(16)15-11-17(8-10-20-15)7-9-19-14-6-4-3-5-13(14)18-2/h3-6,12,15H,7-11,16H2,1-2H3. The molecule has 1 aliphatic rings. The Morgan fingerprint density at radius 3 is 2.85 bits per heavy atom. The molecule has 5 heteroatoms. The molecule has 1 aromatic carbocycles. The van der Waals surface area contributed by atoms with E-state index in [9.17, 15) is 0 Å². The van der Waals surface area contributed by atoms with Gasteiger partial charge >= 0.3 is 0 Å². The van der Waals surface area contributed by atoms with Crippen molar-refractivity contribution in [1.82, 2.24) is 4.90 Å². The van der Waals surface area contributed by atoms with Gasteiger partial charge in [-0.05, 0) is 19.1 Å². The first-order valence-corrected chi connectivity index (χ1v) is 7.06. The molecule has 1 saturated heterocycles. The van der Waals surface area contributed by atoms with Gasteiger partial charge in [-0.15, -0.1) is 0 Å². The smallest absolute Gasteiger partial charge is 0.161 e. The number of morpholine rings is 1. The zero-order valence-corrected chi connectivity index (χ0v) is 12.2. The van der Waals surface area contributed by atoms with Crippen LogP contribution < -0.4 is 15.2 Å². The average Bonchev–Trinajstić information content (AvgIpc) is 2.48. The van der Waals surface area contributed by atoms with E-state index in [1.54, 1.807) is 7.11 Å². The number of para-hydroxylation sites is 2. The van der Waals surface area contributed by atoms with Crippen molar-refractivity contribution < 1.29 is 14.2 Å². The fraction of sp³-hybridized carbons (Fsp3) is 0.600. The number of benzene rings is 1. The lowest BCUT2D eigenvalue weighted by Crippen LogP contribution is -2.50. The van der Waals surface area contributed by atoms with Crippen LogP contribution in [0.25, 0.3) is 0 Å². The Labute approximate surface area is 120 Å². The monoisotopic (exact) mass is 280 g/mol. The van der Waals surface area contributed by atoms with Crippen molar-refractivity contribution in [3.05, 3.63) is 24.3 Å². The van der Waals surface area contributed by atoms with E-state index in [0.717, 1.165) is 37.7 Å². The summed E-state index contributed by atoms with van der Waals surface area (Å²) in [5.74, 6) is 1.55. The van der Waals surface area contributed by atoms with Gasteiger partial charge in [0.15, 0.2) is 11.5 Å². The average molecular weight is 280 g/mol. The summed E-state index contributed by atoms with van der Waals surface area (Å²) in [5, 5.41) is 0. The van der Waals surface area contributed by atoms with E-state index in [4.69, 9.17) is 19.9 Å². The maximum absolute atomic E-state index is 5.89. The molecule has 0 aliphatic carbocycles. The predicted molar refractivity (Wildman–Crippen MR) is 78.3 cm³/mol. The van der Waals surface area contributed by atoms with E-state index >= 15 is 0 Å². The number of ether oxygens (including phenoxy) is 3. The second-order valence-electron chi connectivity index (χ2n) is 5.07. The second kappa shape index (κ2) is 7.47. The van der Waals surface area contributed by atoms with Gasteiger partial charge in [0.1, 0.15) is 6.61 Å². The lowest BCUT2D eigenvalue weighted by Gasteiger charge is -2.34. The predicted octanol–water partition coefficient (Wildman–Crippen LogP) is 1.12. The third kappa shape index (κ3) is 4.10. The van der Waals surface area contributed by atoms with Crippen molar-refractivity contribution in [2.24, 2.45) is 5.73 Å². The molecule has 112 valence electrons. The summed E-state index contributed by atoms with van der Waals surface area (Å²) in [4.78, 5) is 2.33. The van der Waals surface area contributed by atoms with Gasteiger partial charge in [-0.3, -0.25) is 4.90 Å². The third-order valence-electron chi connectivity index (χ3n) is 3.50. The molecule has 0 saturated carbocycles. The summed E-state index contributed by atoms with van der Waals surface area (Å²) in [6.45, 7) is 6.02. The fourth-order valence-corrected chi connectivity index (χ4v) is 2.28. The highest BCUT2D eigenvalue weighted by atomic mass is 16.5. The molecule has 1 aliphatic heterocycles. The van der Waals surface area contributed by atoms with E-state index in [-0.39, 0.29) is 12.1 Å². The van der Waals surface area contributed by atoms with Crippen LogP contribution in [-0.4, -0.2) is 57.0 Å². The summed E-state index contributed by atoms with van der Waals surface area (Å²) in [6, 6.07) is 7.76. The molecule has 20 heavy (non-hydrogen) atoms. The van der Waals surface area contributed by atoms with Crippen molar-refractivity contribution in [3.8, 4) is 11.5 Å². The fourth-order valence-electron chi connectivity index (χ4n) is 2.28. The minimum absolute atomic E-state index is 0.0629. The lowest BCUT2D eigenvalue weighted by atomic mass is 10.1. The maximum Gasteiger partial charge on any atom is 0.161 e. The summed E-state index contributed by atoms with van der Waals surface area (Å²) < 4.78 is 16.7. The first-order chi connectivity index (χ1) is 9.70. The van der Waals surface area contributed by atoms with E-state index in [1.807, 2.05) is 31.2 Å². The molecule has 1 aromatic rings. The number of methoxy groups -OCH3 is 1. The lowest BCUT2D eigenvalue weighted by molar-refractivity contribution is -0.0402. The highest BCUT2D eigenvalue weighted by Gasteiger charge is 2.23. The summed E-state index contributed by atoms with van der Waals surface area (Å²) in [7, 11) is 1.65. The maximum atomic E-state index is 5.89. The van der Waals surface area contributed by atoms with Crippen molar-refractivity contribution in [3.63, 3.8) is 0 Å². The second-order valence-corrected chi connectivity index (χ2v) is 5.07. The zero-order valence-electron chi connectivity index (χ0n) is 12.2. The molecule has 0 aromatic heterocycles. The third-order valence-corrected chi connectivity index (χ3v) is 3.50. The minimum Gasteiger partial charge on any atom is -0.493 e. The van der Waals surface area contributed by atoms with E-state index in [1.165, 1.54) is 0 Å². The van der Waals surface area contributed by atoms with Gasteiger partial charge in [-0.1, -0.05) is 12.1 Å². The molecule has 2 rings (SSSR count). The Hall–Kier alpha value is -1.30. The molecule has 2 N–H and O–H groups in total. The molecule has 0 bridgehead atoms. The topological polar surface area (TPSA) is 57.0 Å². The van der Waals surface area contributed by atoms with Gasteiger partial charge in [0, 0.05) is 25.7 Å². The highest BCUT2D eigenvalue weighted by Crippen LogP contribution is 2.25. The van der Waals surface area contributed by atoms with Crippen molar-refractivity contribution in [2.75, 3.05) is 40.0 Å². The van der Waals surface area contributed by atoms with Crippen LogP contribution in [0.3, 0.4) is 0 Å². The van der Waals surface area contributed by atoms with Crippen LogP contribution in [0.1, 0.15) is 6.92 Å². The number of nitrogens with zero attached hydrogens (tertiary/aromatic N) is 1. The van der Waals surface area contributed by atoms with Crippen molar-refractivity contribution in [2.45, 2.75) is 19.1 Å². The number of hydrogen-bond donors (Lipinski definition) is 1. The first kappa shape index (κ1) is 15.1. The van der Waals surface area contributed by atoms with Crippen LogP contribution in [-0.2, 0) is 4.74 Å². The molecular formula is C15H24N2O3. The van der Waals surface area contributed by atoms with E-state index in [0.29, 0.717) is 6.61 Å². The van der Waals surface area contributed by atoms with Crippen LogP contribution in [0.2, 0.25) is 0 Å².